The van der Waals surface area contributed by atoms with E-state index in [2.05, 4.69) is 20.2 Å². The Kier molecular flexibility index (Phi) is 3.61. The maximum Gasteiger partial charge on any atom is 0.417 e. The monoisotopic (exact) mass is 376 g/mol. The maximum absolute atomic E-state index is 13.6. The number of nitrogens with zero attached hydrogens (tertiary/aromatic N) is 6. The molecule has 138 valence electrons. The number of halogens is 3. The van der Waals surface area contributed by atoms with E-state index in [4.69, 9.17) is 4.42 Å². The van der Waals surface area contributed by atoms with E-state index >= 15 is 0 Å². The molecule has 0 spiro atoms. The largest absolute Gasteiger partial charge is 0.422 e. The van der Waals surface area contributed by atoms with E-state index in [9.17, 15) is 18.0 Å². The van der Waals surface area contributed by atoms with E-state index in [1.807, 2.05) is 0 Å². The van der Waals surface area contributed by atoms with Gasteiger partial charge in [0, 0.05) is 25.7 Å². The first-order valence-corrected chi connectivity index (χ1v) is 7.64. The molecule has 0 fully saturated rings. The van der Waals surface area contributed by atoms with E-state index in [-0.39, 0.29) is 28.3 Å². The van der Waals surface area contributed by atoms with Gasteiger partial charge in [0.25, 0.3) is 11.8 Å². The molecule has 0 atom stereocenters. The number of carbonyl (C=O) groups excluding carboxylic acids is 1. The average Bonchev–Trinajstić information content (AvgIpc) is 3.28. The molecular weight excluding hydrogens is 365 g/mol. The summed E-state index contributed by atoms with van der Waals surface area (Å²) < 4.78 is 47.2. The number of pyridine rings is 2. The van der Waals surface area contributed by atoms with Crippen LogP contribution < -0.4 is 0 Å². The lowest BCUT2D eigenvalue weighted by atomic mass is 10.1. The van der Waals surface area contributed by atoms with E-state index in [0.29, 0.717) is 5.65 Å². The van der Waals surface area contributed by atoms with Crippen LogP contribution >= 0.6 is 0 Å². The molecule has 0 aliphatic heterocycles. The number of aromatic nitrogens is 5. The molecule has 0 radical (unpaired) electrons. The van der Waals surface area contributed by atoms with Gasteiger partial charge in [-0.15, -0.1) is 10.2 Å². The average molecular weight is 376 g/mol. The molecule has 11 heteroatoms. The van der Waals surface area contributed by atoms with Crippen molar-refractivity contribution in [1.29, 1.82) is 0 Å². The predicted octanol–water partition coefficient (Wildman–Crippen LogP) is 2.65. The van der Waals surface area contributed by atoms with Crippen LogP contribution in [0.4, 0.5) is 13.2 Å². The molecule has 4 aromatic heterocycles. The van der Waals surface area contributed by atoms with E-state index in [1.165, 1.54) is 36.8 Å². The molecule has 0 aliphatic carbocycles. The summed E-state index contributed by atoms with van der Waals surface area (Å²) >= 11 is 0. The summed E-state index contributed by atoms with van der Waals surface area (Å²) in [6, 6.07) is 3.45. The van der Waals surface area contributed by atoms with Crippen LogP contribution in [0.25, 0.3) is 28.3 Å². The Balaban J connectivity index is 2.06. The SMILES string of the molecule is CN(C)C(=O)c1cc(C(F)(F)F)c2ccc3nc(-c4nnco4)cn3c2n1. The van der Waals surface area contributed by atoms with Crippen LogP contribution in [0.1, 0.15) is 16.1 Å². The van der Waals surface area contributed by atoms with E-state index in [0.717, 1.165) is 17.4 Å². The number of amides is 1. The van der Waals surface area contributed by atoms with Gasteiger partial charge in [-0.3, -0.25) is 9.20 Å². The Morgan fingerprint density at radius 2 is 2.00 bits per heavy atom. The number of hydrogen-bond donors (Lipinski definition) is 0. The van der Waals surface area contributed by atoms with Gasteiger partial charge >= 0.3 is 6.18 Å². The molecule has 8 nitrogen and oxygen atoms in total. The summed E-state index contributed by atoms with van der Waals surface area (Å²) in [4.78, 5) is 21.8. The van der Waals surface area contributed by atoms with Crippen molar-refractivity contribution in [1.82, 2.24) is 29.5 Å². The third-order valence-electron chi connectivity index (χ3n) is 3.91. The second-order valence-corrected chi connectivity index (χ2v) is 5.92. The van der Waals surface area contributed by atoms with Gasteiger partial charge in [0.15, 0.2) is 0 Å². The number of hydrogen-bond acceptors (Lipinski definition) is 6. The van der Waals surface area contributed by atoms with Crippen molar-refractivity contribution in [2.45, 2.75) is 6.18 Å². The van der Waals surface area contributed by atoms with Gasteiger partial charge in [-0.1, -0.05) is 0 Å². The predicted molar refractivity (Wildman–Crippen MR) is 86.8 cm³/mol. The molecule has 0 aromatic carbocycles. The van der Waals surface area contributed by atoms with Gasteiger partial charge in [0.1, 0.15) is 22.7 Å². The minimum absolute atomic E-state index is 0.0502. The highest BCUT2D eigenvalue weighted by Gasteiger charge is 2.35. The van der Waals surface area contributed by atoms with Crippen LogP contribution in [0.5, 0.6) is 0 Å². The normalized spacial score (nSPS) is 12.0. The molecule has 4 aromatic rings. The highest BCUT2D eigenvalue weighted by Crippen LogP contribution is 2.35. The van der Waals surface area contributed by atoms with Crippen LogP contribution in [-0.2, 0) is 6.18 Å². The van der Waals surface area contributed by atoms with Crippen molar-refractivity contribution < 1.29 is 22.4 Å². The van der Waals surface area contributed by atoms with Gasteiger partial charge in [0.2, 0.25) is 6.39 Å². The van der Waals surface area contributed by atoms with Crippen LogP contribution in [0.15, 0.2) is 35.2 Å². The highest BCUT2D eigenvalue weighted by molar-refractivity contribution is 5.95. The second-order valence-electron chi connectivity index (χ2n) is 5.92. The van der Waals surface area contributed by atoms with Crippen molar-refractivity contribution >= 4 is 22.6 Å². The zero-order valence-corrected chi connectivity index (χ0v) is 14.0. The molecule has 0 saturated heterocycles. The summed E-state index contributed by atoms with van der Waals surface area (Å²) in [7, 11) is 2.87. The molecule has 27 heavy (non-hydrogen) atoms. The molecule has 0 bridgehead atoms. The van der Waals surface area contributed by atoms with Crippen LogP contribution in [0, 0.1) is 0 Å². The van der Waals surface area contributed by atoms with Crippen LogP contribution in [0.2, 0.25) is 0 Å². The van der Waals surface area contributed by atoms with Crippen molar-refractivity contribution in [2.24, 2.45) is 0 Å². The minimum Gasteiger partial charge on any atom is -0.422 e. The van der Waals surface area contributed by atoms with Crippen molar-refractivity contribution in [2.75, 3.05) is 14.1 Å². The molecular formula is C16H11F3N6O2. The Bertz CT molecular complexity index is 1160. The topological polar surface area (TPSA) is 89.4 Å². The molecule has 0 N–H and O–H groups in total. The summed E-state index contributed by atoms with van der Waals surface area (Å²) in [5.41, 5.74) is -0.718. The zero-order valence-electron chi connectivity index (χ0n) is 14.0. The number of carbonyl (C=O) groups is 1. The minimum atomic E-state index is -4.66. The fourth-order valence-electron chi connectivity index (χ4n) is 2.69. The first-order valence-electron chi connectivity index (χ1n) is 7.64. The lowest BCUT2D eigenvalue weighted by molar-refractivity contribution is -0.136. The fourth-order valence-corrected chi connectivity index (χ4v) is 2.69. The molecule has 0 aliphatic rings. The molecule has 0 saturated carbocycles. The molecule has 4 heterocycles. The fraction of sp³-hybridized carbons (Fsp3) is 0.188. The molecule has 4 rings (SSSR count). The van der Waals surface area contributed by atoms with Crippen molar-refractivity contribution in [3.8, 4) is 11.6 Å². The zero-order chi connectivity index (χ0) is 19.3. The Hall–Kier alpha value is -3.50. The van der Waals surface area contributed by atoms with E-state index in [1.54, 1.807) is 0 Å². The highest BCUT2D eigenvalue weighted by atomic mass is 19.4. The molecule has 1 amide bonds. The Morgan fingerprint density at radius 1 is 1.22 bits per heavy atom. The third-order valence-corrected chi connectivity index (χ3v) is 3.91. The van der Waals surface area contributed by atoms with Gasteiger partial charge in [-0.25, -0.2) is 9.97 Å². The summed E-state index contributed by atoms with van der Waals surface area (Å²) in [6.07, 6.45) is -2.11. The Morgan fingerprint density at radius 3 is 2.63 bits per heavy atom. The van der Waals surface area contributed by atoms with Gasteiger partial charge in [0.05, 0.1) is 5.56 Å². The smallest absolute Gasteiger partial charge is 0.417 e. The summed E-state index contributed by atoms with van der Waals surface area (Å²) in [5.74, 6) is -0.528. The second kappa shape index (κ2) is 5.76. The number of alkyl halides is 3. The first-order chi connectivity index (χ1) is 12.8. The van der Waals surface area contributed by atoms with E-state index < -0.39 is 17.6 Å². The van der Waals surface area contributed by atoms with Crippen LogP contribution in [0.3, 0.4) is 0 Å². The molecule has 0 unspecified atom stereocenters. The van der Waals surface area contributed by atoms with Gasteiger partial charge in [-0.2, -0.15) is 13.2 Å². The first kappa shape index (κ1) is 16.9. The lowest BCUT2D eigenvalue weighted by Crippen LogP contribution is -2.24. The van der Waals surface area contributed by atoms with Crippen molar-refractivity contribution in [3.05, 3.63) is 42.0 Å². The third kappa shape index (κ3) is 2.76. The lowest BCUT2D eigenvalue weighted by Gasteiger charge is -2.15. The summed E-state index contributed by atoms with van der Waals surface area (Å²) in [5, 5.41) is 7.13. The Labute approximate surface area is 149 Å². The standard InChI is InChI=1S/C16H11F3N6O2/c1-24(2)15(26)10-5-9(16(17,18)19)8-3-4-12-21-11(14-23-20-7-27-14)6-25(12)13(8)22-10/h3-7H,1-2H3. The number of imidazole rings is 1. The maximum atomic E-state index is 13.6. The quantitative estimate of drug-likeness (QED) is 0.534. The number of fused-ring (bicyclic) bond motifs is 3. The van der Waals surface area contributed by atoms with Gasteiger partial charge < -0.3 is 9.32 Å². The van der Waals surface area contributed by atoms with Crippen LogP contribution in [-0.4, -0.2) is 49.5 Å². The summed E-state index contributed by atoms with van der Waals surface area (Å²) in [6.45, 7) is 0. The van der Waals surface area contributed by atoms with Gasteiger partial charge in [-0.05, 0) is 18.2 Å². The van der Waals surface area contributed by atoms with Crippen molar-refractivity contribution in [3.63, 3.8) is 0 Å². The number of rotatable bonds is 2.